The fourth-order valence-electron chi connectivity index (χ4n) is 2.12. The van der Waals surface area contributed by atoms with Crippen LogP contribution in [0.25, 0.3) is 0 Å². The molecule has 0 saturated heterocycles. The molecule has 0 aliphatic carbocycles. The van der Waals surface area contributed by atoms with Crippen LogP contribution in [0, 0.1) is 5.92 Å². The minimum absolute atomic E-state index is 0.206. The molecular formula is C16H23N2O2. The van der Waals surface area contributed by atoms with Crippen LogP contribution in [0.5, 0.6) is 0 Å². The Morgan fingerprint density at radius 1 is 1.30 bits per heavy atom. The zero-order valence-corrected chi connectivity index (χ0v) is 12.4. The van der Waals surface area contributed by atoms with Crippen LogP contribution >= 0.6 is 0 Å². The number of nitrogens with two attached hydrogens (primary N) is 1. The molecule has 0 aliphatic rings. The normalized spacial score (nSPS) is 13.8. The van der Waals surface area contributed by atoms with E-state index in [-0.39, 0.29) is 5.91 Å². The standard InChI is InChI=1S/C16H23N2O2/c1-12(2)9-15(17)16(20)18(3)14(11-19)10-13-7-5-4-6-8-13/h4-8,12,14-15H,9-10,17H2,1-3H3/t14-,15-/m0/s1. The number of nitrogens with zero attached hydrogens (tertiary/aromatic N) is 1. The molecule has 2 N–H and O–H groups in total. The molecule has 0 aliphatic heterocycles. The average Bonchev–Trinajstić information content (AvgIpc) is 2.43. The molecule has 109 valence electrons. The van der Waals surface area contributed by atoms with Gasteiger partial charge in [-0.1, -0.05) is 44.2 Å². The minimum atomic E-state index is -0.594. The summed E-state index contributed by atoms with van der Waals surface area (Å²) >= 11 is 0. The summed E-state index contributed by atoms with van der Waals surface area (Å²) in [6, 6.07) is 8.42. The molecule has 0 aromatic heterocycles. The Labute approximate surface area is 121 Å². The second kappa shape index (κ2) is 7.80. The summed E-state index contributed by atoms with van der Waals surface area (Å²) in [5.41, 5.74) is 6.88. The Morgan fingerprint density at radius 2 is 1.90 bits per heavy atom. The summed E-state index contributed by atoms with van der Waals surface area (Å²) in [5, 5.41) is 0. The predicted molar refractivity (Wildman–Crippen MR) is 79.8 cm³/mol. The zero-order chi connectivity index (χ0) is 15.1. The van der Waals surface area contributed by atoms with E-state index >= 15 is 0 Å². The lowest BCUT2D eigenvalue weighted by Gasteiger charge is -2.26. The van der Waals surface area contributed by atoms with E-state index in [1.165, 1.54) is 4.90 Å². The van der Waals surface area contributed by atoms with Crippen molar-refractivity contribution in [3.8, 4) is 0 Å². The number of benzene rings is 1. The Hall–Kier alpha value is -1.68. The van der Waals surface area contributed by atoms with Crippen molar-refractivity contribution in [2.45, 2.75) is 38.8 Å². The second-order valence-electron chi connectivity index (χ2n) is 5.51. The molecule has 1 aromatic carbocycles. The van der Waals surface area contributed by atoms with Gasteiger partial charge in [0.05, 0.1) is 6.04 Å². The molecule has 4 nitrogen and oxygen atoms in total. The zero-order valence-electron chi connectivity index (χ0n) is 12.4. The minimum Gasteiger partial charge on any atom is -0.334 e. The lowest BCUT2D eigenvalue weighted by atomic mass is 10.0. The van der Waals surface area contributed by atoms with Crippen molar-refractivity contribution in [2.24, 2.45) is 11.7 Å². The van der Waals surface area contributed by atoms with E-state index < -0.39 is 12.1 Å². The topological polar surface area (TPSA) is 63.4 Å². The van der Waals surface area contributed by atoms with Gasteiger partial charge in [0.25, 0.3) is 0 Å². The third kappa shape index (κ3) is 4.78. The van der Waals surface area contributed by atoms with Gasteiger partial charge in [0.15, 0.2) is 0 Å². The predicted octanol–water partition coefficient (Wildman–Crippen LogP) is 1.54. The molecule has 1 amide bonds. The van der Waals surface area contributed by atoms with E-state index in [1.807, 2.05) is 50.5 Å². The summed E-state index contributed by atoms with van der Waals surface area (Å²) in [7, 11) is 1.61. The van der Waals surface area contributed by atoms with Gasteiger partial charge in [-0.15, -0.1) is 0 Å². The Balaban J connectivity index is 2.69. The summed E-state index contributed by atoms with van der Waals surface area (Å²) in [6.07, 6.45) is 3.01. The Bertz CT molecular complexity index is 431. The highest BCUT2D eigenvalue weighted by molar-refractivity contribution is 5.84. The number of likely N-dealkylation sites (N-methyl/N-ethyl adjacent to an activating group) is 1. The highest BCUT2D eigenvalue weighted by atomic mass is 16.2. The maximum atomic E-state index is 12.2. The number of hydrogen-bond acceptors (Lipinski definition) is 3. The maximum Gasteiger partial charge on any atom is 0.239 e. The molecule has 0 spiro atoms. The van der Waals surface area contributed by atoms with Gasteiger partial charge in [0.2, 0.25) is 12.2 Å². The third-order valence-corrected chi connectivity index (χ3v) is 3.27. The SMILES string of the molecule is CC(C)C[C@H](N)C(=O)N(C)[C@H]([C]=O)Cc1ccccc1. The van der Waals surface area contributed by atoms with Crippen molar-refractivity contribution in [1.82, 2.24) is 4.90 Å². The first kappa shape index (κ1) is 16.4. The van der Waals surface area contributed by atoms with Crippen LogP contribution in [0.4, 0.5) is 0 Å². The third-order valence-electron chi connectivity index (χ3n) is 3.27. The number of carbonyl (C=O) groups is 1. The lowest BCUT2D eigenvalue weighted by molar-refractivity contribution is -0.132. The first-order valence-corrected chi connectivity index (χ1v) is 6.89. The first-order valence-electron chi connectivity index (χ1n) is 6.89. The van der Waals surface area contributed by atoms with Crippen molar-refractivity contribution >= 4 is 12.2 Å². The van der Waals surface area contributed by atoms with Crippen LogP contribution in [0.15, 0.2) is 30.3 Å². The van der Waals surface area contributed by atoms with E-state index in [4.69, 9.17) is 5.73 Å². The van der Waals surface area contributed by atoms with Gasteiger partial charge >= 0.3 is 0 Å². The van der Waals surface area contributed by atoms with Crippen LogP contribution in [0.2, 0.25) is 0 Å². The van der Waals surface area contributed by atoms with Crippen molar-refractivity contribution in [1.29, 1.82) is 0 Å². The van der Waals surface area contributed by atoms with Crippen LogP contribution in [0.1, 0.15) is 25.8 Å². The van der Waals surface area contributed by atoms with Crippen LogP contribution in [-0.2, 0) is 16.0 Å². The number of carbonyl (C=O) groups excluding carboxylic acids is 2. The van der Waals surface area contributed by atoms with E-state index in [1.54, 1.807) is 7.05 Å². The van der Waals surface area contributed by atoms with Gasteiger partial charge in [-0.25, -0.2) is 0 Å². The van der Waals surface area contributed by atoms with Crippen LogP contribution < -0.4 is 5.73 Å². The lowest BCUT2D eigenvalue weighted by Crippen LogP contribution is -2.48. The average molecular weight is 275 g/mol. The van der Waals surface area contributed by atoms with E-state index in [2.05, 4.69) is 0 Å². The first-order chi connectivity index (χ1) is 9.45. The highest BCUT2D eigenvalue weighted by Gasteiger charge is 2.25. The highest BCUT2D eigenvalue weighted by Crippen LogP contribution is 2.10. The molecule has 4 heteroatoms. The fraction of sp³-hybridized carbons (Fsp3) is 0.500. The second-order valence-corrected chi connectivity index (χ2v) is 5.51. The van der Waals surface area contributed by atoms with E-state index in [0.717, 1.165) is 5.56 Å². The molecular weight excluding hydrogens is 252 g/mol. The van der Waals surface area contributed by atoms with Crippen molar-refractivity contribution in [3.05, 3.63) is 35.9 Å². The smallest absolute Gasteiger partial charge is 0.239 e. The summed E-state index contributed by atoms with van der Waals surface area (Å²) in [4.78, 5) is 24.7. The quantitative estimate of drug-likeness (QED) is 0.821. The molecule has 1 radical (unpaired) electrons. The maximum absolute atomic E-state index is 12.2. The fourth-order valence-corrected chi connectivity index (χ4v) is 2.12. The van der Waals surface area contributed by atoms with E-state index in [9.17, 15) is 9.59 Å². The van der Waals surface area contributed by atoms with Crippen LogP contribution in [-0.4, -0.2) is 36.2 Å². The monoisotopic (exact) mass is 275 g/mol. The Morgan fingerprint density at radius 3 is 2.40 bits per heavy atom. The molecule has 20 heavy (non-hydrogen) atoms. The molecule has 1 aromatic rings. The van der Waals surface area contributed by atoms with E-state index in [0.29, 0.717) is 18.8 Å². The summed E-state index contributed by atoms with van der Waals surface area (Å²) < 4.78 is 0. The van der Waals surface area contributed by atoms with Crippen molar-refractivity contribution in [2.75, 3.05) is 7.05 Å². The molecule has 0 bridgehead atoms. The van der Waals surface area contributed by atoms with Gasteiger partial charge in [0.1, 0.15) is 6.04 Å². The molecule has 0 heterocycles. The summed E-state index contributed by atoms with van der Waals surface area (Å²) in [5.74, 6) is 0.137. The van der Waals surface area contributed by atoms with Crippen molar-refractivity contribution in [3.63, 3.8) is 0 Å². The van der Waals surface area contributed by atoms with Crippen molar-refractivity contribution < 1.29 is 9.59 Å². The molecule has 0 unspecified atom stereocenters. The van der Waals surface area contributed by atoms with Crippen LogP contribution in [0.3, 0.4) is 0 Å². The van der Waals surface area contributed by atoms with Gasteiger partial charge in [0, 0.05) is 13.5 Å². The molecule has 0 saturated carbocycles. The van der Waals surface area contributed by atoms with Gasteiger partial charge in [-0.05, 0) is 17.9 Å². The number of rotatable bonds is 7. The molecule has 0 fully saturated rings. The summed E-state index contributed by atoms with van der Waals surface area (Å²) in [6.45, 7) is 4.03. The van der Waals surface area contributed by atoms with Gasteiger partial charge in [-0.2, -0.15) is 0 Å². The number of hydrogen-bond donors (Lipinski definition) is 1. The van der Waals surface area contributed by atoms with Gasteiger partial charge in [-0.3, -0.25) is 9.59 Å². The number of amides is 1. The molecule has 1 rings (SSSR count). The molecule has 2 atom stereocenters. The largest absolute Gasteiger partial charge is 0.334 e. The van der Waals surface area contributed by atoms with Gasteiger partial charge < -0.3 is 10.6 Å². The Kier molecular flexibility index (Phi) is 6.39.